The predicted molar refractivity (Wildman–Crippen MR) is 69.6 cm³/mol. The van der Waals surface area contributed by atoms with Gasteiger partial charge in [-0.2, -0.15) is 5.10 Å². The molecule has 0 bridgehead atoms. The van der Waals surface area contributed by atoms with Crippen molar-refractivity contribution in [3.8, 4) is 0 Å². The van der Waals surface area contributed by atoms with Crippen LogP contribution in [0.25, 0.3) is 0 Å². The van der Waals surface area contributed by atoms with Crippen molar-refractivity contribution in [3.05, 3.63) is 41.2 Å². The Morgan fingerprint density at radius 1 is 1.56 bits per heavy atom. The van der Waals surface area contributed by atoms with E-state index in [1.54, 1.807) is 29.2 Å². The summed E-state index contributed by atoms with van der Waals surface area (Å²) < 4.78 is 1.75. The number of halogens is 1. The average Bonchev–Trinajstić information content (AvgIpc) is 2.79. The standard InChI is InChI=1S/C12H12ClN3O2/c1-2-16-7-9(6-14-16)15-11-4-3-8(13)5-10(11)12(17)18/h3-7,15H,2H2,1H3,(H,17,18). The Hall–Kier alpha value is -2.01. The van der Waals surface area contributed by atoms with Gasteiger partial charge in [0.2, 0.25) is 0 Å². The number of nitrogens with zero attached hydrogens (tertiary/aromatic N) is 2. The molecular formula is C12H12ClN3O2. The predicted octanol–water partition coefficient (Wildman–Crippen LogP) is 3.00. The molecule has 2 rings (SSSR count). The zero-order chi connectivity index (χ0) is 13.1. The number of carboxylic acid groups (broad SMARTS) is 1. The van der Waals surface area contributed by atoms with Gasteiger partial charge in [-0.15, -0.1) is 0 Å². The molecule has 2 aromatic rings. The molecule has 0 atom stereocenters. The van der Waals surface area contributed by atoms with Gasteiger partial charge >= 0.3 is 5.97 Å². The fourth-order valence-corrected chi connectivity index (χ4v) is 1.73. The van der Waals surface area contributed by atoms with Gasteiger partial charge in [-0.3, -0.25) is 4.68 Å². The Labute approximate surface area is 109 Å². The van der Waals surface area contributed by atoms with Crippen molar-refractivity contribution in [2.75, 3.05) is 5.32 Å². The number of hydrogen-bond donors (Lipinski definition) is 2. The van der Waals surface area contributed by atoms with Crippen molar-refractivity contribution in [3.63, 3.8) is 0 Å². The minimum absolute atomic E-state index is 0.131. The van der Waals surface area contributed by atoms with Crippen LogP contribution in [0, 0.1) is 0 Å². The van der Waals surface area contributed by atoms with Crippen molar-refractivity contribution in [1.29, 1.82) is 0 Å². The molecule has 0 radical (unpaired) electrons. The summed E-state index contributed by atoms with van der Waals surface area (Å²) in [5.74, 6) is -1.03. The van der Waals surface area contributed by atoms with E-state index in [0.29, 0.717) is 10.7 Å². The third-order valence-corrected chi connectivity index (χ3v) is 2.68. The summed E-state index contributed by atoms with van der Waals surface area (Å²) >= 11 is 5.78. The number of aromatic nitrogens is 2. The normalized spacial score (nSPS) is 10.3. The second kappa shape index (κ2) is 5.10. The molecule has 6 heteroatoms. The fraction of sp³-hybridized carbons (Fsp3) is 0.167. The summed E-state index contributed by atoms with van der Waals surface area (Å²) in [7, 11) is 0. The molecule has 1 aromatic heterocycles. The maximum atomic E-state index is 11.1. The third kappa shape index (κ3) is 2.62. The van der Waals surface area contributed by atoms with Crippen LogP contribution in [0.1, 0.15) is 17.3 Å². The molecule has 0 spiro atoms. The van der Waals surface area contributed by atoms with E-state index in [2.05, 4.69) is 10.4 Å². The zero-order valence-corrected chi connectivity index (χ0v) is 10.5. The van der Waals surface area contributed by atoms with Gasteiger partial charge in [0.15, 0.2) is 0 Å². The molecule has 18 heavy (non-hydrogen) atoms. The molecule has 0 fully saturated rings. The topological polar surface area (TPSA) is 67.2 Å². The van der Waals surface area contributed by atoms with E-state index in [4.69, 9.17) is 16.7 Å². The summed E-state index contributed by atoms with van der Waals surface area (Å²) in [5.41, 5.74) is 1.36. The van der Waals surface area contributed by atoms with Crippen LogP contribution in [0.2, 0.25) is 5.02 Å². The molecular weight excluding hydrogens is 254 g/mol. The average molecular weight is 266 g/mol. The first-order chi connectivity index (χ1) is 8.60. The SMILES string of the molecule is CCn1cc(Nc2ccc(Cl)cc2C(=O)O)cn1. The highest BCUT2D eigenvalue weighted by Crippen LogP contribution is 2.24. The molecule has 0 saturated carbocycles. The first kappa shape index (κ1) is 12.4. The van der Waals surface area contributed by atoms with Gasteiger partial charge in [0.05, 0.1) is 23.1 Å². The smallest absolute Gasteiger partial charge is 0.337 e. The molecule has 94 valence electrons. The van der Waals surface area contributed by atoms with E-state index in [1.807, 2.05) is 6.92 Å². The summed E-state index contributed by atoms with van der Waals surface area (Å²) in [5, 5.41) is 16.6. The second-order valence-corrected chi connectivity index (χ2v) is 4.14. The van der Waals surface area contributed by atoms with Crippen molar-refractivity contribution < 1.29 is 9.90 Å². The Morgan fingerprint density at radius 2 is 2.33 bits per heavy atom. The lowest BCUT2D eigenvalue weighted by Crippen LogP contribution is -2.02. The van der Waals surface area contributed by atoms with Crippen molar-refractivity contribution in [2.24, 2.45) is 0 Å². The van der Waals surface area contributed by atoms with Gasteiger partial charge in [0.25, 0.3) is 0 Å². The van der Waals surface area contributed by atoms with E-state index in [0.717, 1.165) is 12.2 Å². The van der Waals surface area contributed by atoms with Gasteiger partial charge in [-0.1, -0.05) is 11.6 Å². The highest BCUT2D eigenvalue weighted by atomic mass is 35.5. The lowest BCUT2D eigenvalue weighted by Gasteiger charge is -2.07. The third-order valence-electron chi connectivity index (χ3n) is 2.45. The Bertz CT molecular complexity index is 580. The van der Waals surface area contributed by atoms with E-state index < -0.39 is 5.97 Å². The lowest BCUT2D eigenvalue weighted by atomic mass is 10.2. The quantitative estimate of drug-likeness (QED) is 0.892. The molecule has 0 saturated heterocycles. The number of carbonyl (C=O) groups is 1. The number of benzene rings is 1. The van der Waals surface area contributed by atoms with Crippen LogP contribution in [-0.2, 0) is 6.54 Å². The van der Waals surface area contributed by atoms with Gasteiger partial charge < -0.3 is 10.4 Å². The summed E-state index contributed by atoms with van der Waals surface area (Å²) in [6.45, 7) is 2.73. The molecule has 0 unspecified atom stereocenters. The first-order valence-corrected chi connectivity index (χ1v) is 5.80. The van der Waals surface area contributed by atoms with E-state index in [1.165, 1.54) is 6.07 Å². The lowest BCUT2D eigenvalue weighted by molar-refractivity contribution is 0.0698. The minimum atomic E-state index is -1.03. The Morgan fingerprint density at radius 3 is 2.94 bits per heavy atom. The number of rotatable bonds is 4. The summed E-state index contributed by atoms with van der Waals surface area (Å²) in [6, 6.07) is 4.69. The van der Waals surface area contributed by atoms with Crippen molar-refractivity contribution >= 4 is 28.9 Å². The molecule has 0 amide bonds. The van der Waals surface area contributed by atoms with Gasteiger partial charge in [-0.05, 0) is 25.1 Å². The van der Waals surface area contributed by atoms with Crippen LogP contribution >= 0.6 is 11.6 Å². The highest BCUT2D eigenvalue weighted by molar-refractivity contribution is 6.31. The van der Waals surface area contributed by atoms with Crippen LogP contribution in [-0.4, -0.2) is 20.9 Å². The van der Waals surface area contributed by atoms with Gasteiger partial charge in [0, 0.05) is 17.8 Å². The molecule has 5 nitrogen and oxygen atoms in total. The van der Waals surface area contributed by atoms with Crippen LogP contribution in [0.15, 0.2) is 30.6 Å². The largest absolute Gasteiger partial charge is 0.478 e. The maximum Gasteiger partial charge on any atom is 0.337 e. The Balaban J connectivity index is 2.30. The van der Waals surface area contributed by atoms with E-state index >= 15 is 0 Å². The van der Waals surface area contributed by atoms with Crippen LogP contribution < -0.4 is 5.32 Å². The number of hydrogen-bond acceptors (Lipinski definition) is 3. The zero-order valence-electron chi connectivity index (χ0n) is 9.72. The number of carboxylic acids is 1. The molecule has 0 aliphatic rings. The number of anilines is 2. The number of aryl methyl sites for hydroxylation is 1. The van der Waals surface area contributed by atoms with E-state index in [9.17, 15) is 4.79 Å². The second-order valence-electron chi connectivity index (χ2n) is 3.70. The first-order valence-electron chi connectivity index (χ1n) is 5.42. The van der Waals surface area contributed by atoms with Crippen LogP contribution in [0.4, 0.5) is 11.4 Å². The monoisotopic (exact) mass is 265 g/mol. The van der Waals surface area contributed by atoms with E-state index in [-0.39, 0.29) is 5.56 Å². The van der Waals surface area contributed by atoms with Gasteiger partial charge in [0.1, 0.15) is 0 Å². The van der Waals surface area contributed by atoms with Crippen LogP contribution in [0.3, 0.4) is 0 Å². The minimum Gasteiger partial charge on any atom is -0.478 e. The molecule has 2 N–H and O–H groups in total. The molecule has 1 heterocycles. The molecule has 0 aliphatic heterocycles. The fourth-order valence-electron chi connectivity index (χ4n) is 1.56. The maximum absolute atomic E-state index is 11.1. The summed E-state index contributed by atoms with van der Waals surface area (Å²) in [6.07, 6.45) is 3.45. The number of aromatic carboxylic acids is 1. The van der Waals surface area contributed by atoms with Crippen LogP contribution in [0.5, 0.6) is 0 Å². The Kier molecular flexibility index (Phi) is 3.53. The van der Waals surface area contributed by atoms with Crippen molar-refractivity contribution in [2.45, 2.75) is 13.5 Å². The molecule has 1 aromatic carbocycles. The number of nitrogens with one attached hydrogen (secondary N) is 1. The highest BCUT2D eigenvalue weighted by Gasteiger charge is 2.11. The van der Waals surface area contributed by atoms with Crippen molar-refractivity contribution in [1.82, 2.24) is 9.78 Å². The summed E-state index contributed by atoms with van der Waals surface area (Å²) in [4.78, 5) is 11.1. The molecule has 0 aliphatic carbocycles. The van der Waals surface area contributed by atoms with Gasteiger partial charge in [-0.25, -0.2) is 4.79 Å².